The highest BCUT2D eigenvalue weighted by atomic mass is 16.2. The van der Waals surface area contributed by atoms with Crippen LogP contribution in [0, 0.1) is 0 Å². The molecule has 0 aliphatic carbocycles. The van der Waals surface area contributed by atoms with Crippen molar-refractivity contribution in [3.63, 3.8) is 0 Å². The molecule has 2 heterocycles. The molecule has 7 nitrogen and oxygen atoms in total. The number of carbonyl (C=O) groups excluding carboxylic acids is 1. The number of nitrogens with one attached hydrogen (secondary N) is 2. The van der Waals surface area contributed by atoms with E-state index in [1.165, 1.54) is 11.1 Å². The number of aliphatic imine (C=N–C) groups is 1. The number of carbonyl (C=O) groups is 1. The minimum Gasteiger partial charge on any atom is -0.357 e. The topological polar surface area (TPSA) is 74.6 Å². The van der Waals surface area contributed by atoms with Crippen LogP contribution in [0.15, 0.2) is 47.7 Å². The summed E-state index contributed by atoms with van der Waals surface area (Å²) in [5.74, 6) is 1.10. The molecule has 7 heteroatoms. The van der Waals surface area contributed by atoms with E-state index in [-0.39, 0.29) is 5.91 Å². The van der Waals surface area contributed by atoms with E-state index in [1.54, 1.807) is 6.20 Å². The number of hydrogen-bond acceptors (Lipinski definition) is 3. The lowest BCUT2D eigenvalue weighted by Gasteiger charge is -2.16. The molecule has 2 N–H and O–H groups in total. The number of nitrogens with zero attached hydrogens (tertiary/aromatic N) is 4. The van der Waals surface area contributed by atoms with Gasteiger partial charge in [-0.15, -0.1) is 0 Å². The molecule has 0 radical (unpaired) electrons. The summed E-state index contributed by atoms with van der Waals surface area (Å²) in [4.78, 5) is 18.4. The first-order valence-electron chi connectivity index (χ1n) is 10.1. The average Bonchev–Trinajstić information content (AvgIpc) is 3.36. The van der Waals surface area contributed by atoms with Crippen molar-refractivity contribution in [2.24, 2.45) is 4.99 Å². The van der Waals surface area contributed by atoms with Gasteiger partial charge in [-0.2, -0.15) is 5.10 Å². The smallest absolute Gasteiger partial charge is 0.222 e. The van der Waals surface area contributed by atoms with Gasteiger partial charge in [-0.25, -0.2) is 4.99 Å². The van der Waals surface area contributed by atoms with Gasteiger partial charge in [0.1, 0.15) is 0 Å². The first-order chi connectivity index (χ1) is 13.8. The van der Waals surface area contributed by atoms with Gasteiger partial charge in [-0.3, -0.25) is 9.48 Å². The zero-order valence-electron chi connectivity index (χ0n) is 16.6. The molecule has 0 unspecified atom stereocenters. The molecule has 1 saturated heterocycles. The van der Waals surface area contributed by atoms with E-state index in [2.05, 4.69) is 40.9 Å². The summed E-state index contributed by atoms with van der Waals surface area (Å²) in [5.41, 5.74) is 2.41. The van der Waals surface area contributed by atoms with Gasteiger partial charge in [0.05, 0.1) is 13.1 Å². The summed E-state index contributed by atoms with van der Waals surface area (Å²) < 4.78 is 1.92. The van der Waals surface area contributed by atoms with Crippen molar-refractivity contribution in [2.45, 2.75) is 39.3 Å². The lowest BCUT2D eigenvalue weighted by Crippen LogP contribution is -2.39. The number of benzene rings is 1. The van der Waals surface area contributed by atoms with Crippen molar-refractivity contribution in [2.75, 3.05) is 26.2 Å². The fourth-order valence-corrected chi connectivity index (χ4v) is 3.36. The van der Waals surface area contributed by atoms with E-state index in [4.69, 9.17) is 4.99 Å². The molecule has 0 saturated carbocycles. The Morgan fingerprint density at radius 2 is 2.07 bits per heavy atom. The van der Waals surface area contributed by atoms with E-state index in [1.807, 2.05) is 27.9 Å². The molecule has 1 amide bonds. The maximum atomic E-state index is 11.7. The summed E-state index contributed by atoms with van der Waals surface area (Å²) >= 11 is 0. The second kappa shape index (κ2) is 10.5. The van der Waals surface area contributed by atoms with E-state index < -0.39 is 0 Å². The second-order valence-corrected chi connectivity index (χ2v) is 6.93. The van der Waals surface area contributed by atoms with E-state index in [0.29, 0.717) is 13.0 Å². The SMILES string of the molecule is CCNC(=NCc1ccccc1Cn1cccn1)NCCCN1CCCC1=O. The highest BCUT2D eigenvalue weighted by Crippen LogP contribution is 2.12. The highest BCUT2D eigenvalue weighted by Gasteiger charge is 2.18. The van der Waals surface area contributed by atoms with Gasteiger partial charge in [0.25, 0.3) is 0 Å². The molecule has 0 bridgehead atoms. The molecule has 0 atom stereocenters. The fourth-order valence-electron chi connectivity index (χ4n) is 3.36. The van der Waals surface area contributed by atoms with Crippen LogP contribution >= 0.6 is 0 Å². The predicted octanol–water partition coefficient (Wildman–Crippen LogP) is 2.00. The molecular weight excluding hydrogens is 352 g/mol. The lowest BCUT2D eigenvalue weighted by molar-refractivity contribution is -0.127. The van der Waals surface area contributed by atoms with Crippen LogP contribution in [0.2, 0.25) is 0 Å². The van der Waals surface area contributed by atoms with Crippen LogP contribution in [0.5, 0.6) is 0 Å². The van der Waals surface area contributed by atoms with Gasteiger partial charge >= 0.3 is 0 Å². The van der Waals surface area contributed by atoms with Crippen molar-refractivity contribution < 1.29 is 4.79 Å². The number of likely N-dealkylation sites (tertiary alicyclic amines) is 1. The zero-order valence-corrected chi connectivity index (χ0v) is 16.6. The molecule has 1 fully saturated rings. The molecule has 3 rings (SSSR count). The summed E-state index contributed by atoms with van der Waals surface area (Å²) in [6.45, 7) is 6.74. The summed E-state index contributed by atoms with van der Waals surface area (Å²) in [6, 6.07) is 10.3. The number of hydrogen-bond donors (Lipinski definition) is 2. The summed E-state index contributed by atoms with van der Waals surface area (Å²) in [6.07, 6.45) is 6.39. The van der Waals surface area contributed by atoms with Gasteiger partial charge in [0.15, 0.2) is 5.96 Å². The van der Waals surface area contributed by atoms with Crippen molar-refractivity contribution in [3.05, 3.63) is 53.9 Å². The third kappa shape index (κ3) is 5.84. The zero-order chi connectivity index (χ0) is 19.6. The van der Waals surface area contributed by atoms with Gasteiger partial charge in [0.2, 0.25) is 5.91 Å². The number of amides is 1. The van der Waals surface area contributed by atoms with E-state index >= 15 is 0 Å². The molecule has 0 spiro atoms. The van der Waals surface area contributed by atoms with Crippen LogP contribution in [0.1, 0.15) is 37.3 Å². The molecule has 1 aromatic heterocycles. The first kappa shape index (κ1) is 19.9. The lowest BCUT2D eigenvalue weighted by atomic mass is 10.1. The molecule has 1 aromatic carbocycles. The summed E-state index contributed by atoms with van der Waals surface area (Å²) in [5, 5.41) is 11.0. The van der Waals surface area contributed by atoms with Crippen molar-refractivity contribution in [1.29, 1.82) is 0 Å². The van der Waals surface area contributed by atoms with Gasteiger partial charge < -0.3 is 15.5 Å². The maximum Gasteiger partial charge on any atom is 0.222 e. The second-order valence-electron chi connectivity index (χ2n) is 6.93. The summed E-state index contributed by atoms with van der Waals surface area (Å²) in [7, 11) is 0. The van der Waals surface area contributed by atoms with Crippen LogP contribution in [-0.2, 0) is 17.9 Å². The first-order valence-corrected chi connectivity index (χ1v) is 10.1. The maximum absolute atomic E-state index is 11.7. The fraction of sp³-hybridized carbons (Fsp3) is 0.476. The Balaban J connectivity index is 1.53. The molecular formula is C21H30N6O. The van der Waals surface area contributed by atoms with Crippen molar-refractivity contribution >= 4 is 11.9 Å². The molecule has 150 valence electrons. The third-order valence-electron chi connectivity index (χ3n) is 4.83. The predicted molar refractivity (Wildman–Crippen MR) is 111 cm³/mol. The number of aromatic nitrogens is 2. The Morgan fingerprint density at radius 3 is 2.79 bits per heavy atom. The van der Waals surface area contributed by atoms with Gasteiger partial charge in [-0.1, -0.05) is 24.3 Å². The van der Waals surface area contributed by atoms with E-state index in [9.17, 15) is 4.79 Å². The molecule has 28 heavy (non-hydrogen) atoms. The minimum absolute atomic E-state index is 0.286. The standard InChI is InChI=1S/C21H30N6O/c1-2-22-21(23-11-6-14-26-13-5-10-20(26)28)24-16-18-8-3-4-9-19(18)17-27-15-7-12-25-27/h3-4,7-9,12,15H,2,5-6,10-11,13-14,16-17H2,1H3,(H2,22,23,24). The molecule has 2 aromatic rings. The van der Waals surface area contributed by atoms with Gasteiger partial charge in [0, 0.05) is 45.0 Å². The van der Waals surface area contributed by atoms with Crippen LogP contribution < -0.4 is 10.6 Å². The quantitative estimate of drug-likeness (QED) is 0.395. The Hall–Kier alpha value is -2.83. The average molecular weight is 383 g/mol. The highest BCUT2D eigenvalue weighted by molar-refractivity contribution is 5.80. The van der Waals surface area contributed by atoms with Crippen molar-refractivity contribution in [3.8, 4) is 0 Å². The van der Waals surface area contributed by atoms with Crippen LogP contribution in [0.3, 0.4) is 0 Å². The Kier molecular flexibility index (Phi) is 7.46. The monoisotopic (exact) mass is 382 g/mol. The largest absolute Gasteiger partial charge is 0.357 e. The molecule has 1 aliphatic heterocycles. The third-order valence-corrected chi connectivity index (χ3v) is 4.83. The minimum atomic E-state index is 0.286. The Labute approximate surface area is 166 Å². The van der Waals surface area contributed by atoms with Crippen LogP contribution in [-0.4, -0.2) is 52.7 Å². The number of rotatable bonds is 9. The van der Waals surface area contributed by atoms with Crippen molar-refractivity contribution in [1.82, 2.24) is 25.3 Å². The van der Waals surface area contributed by atoms with Gasteiger partial charge in [-0.05, 0) is 37.0 Å². The molecule has 1 aliphatic rings. The number of guanidine groups is 1. The van der Waals surface area contributed by atoms with Crippen LogP contribution in [0.4, 0.5) is 0 Å². The van der Waals surface area contributed by atoms with E-state index in [0.717, 1.165) is 51.5 Å². The normalized spacial score (nSPS) is 14.5. The van der Waals surface area contributed by atoms with Crippen LogP contribution in [0.25, 0.3) is 0 Å². The Bertz CT molecular complexity index is 771. The Morgan fingerprint density at radius 1 is 1.21 bits per heavy atom.